The Balaban J connectivity index is 2.93. The molecule has 0 fully saturated rings. The van der Waals surface area contributed by atoms with Crippen LogP contribution in [0.5, 0.6) is 0 Å². The van der Waals surface area contributed by atoms with Gasteiger partial charge in [-0.05, 0) is 11.6 Å². The Bertz CT molecular complexity index is 270. The Kier molecular flexibility index (Phi) is 2.96. The maximum Gasteiger partial charge on any atom is 0.150 e. The van der Waals surface area contributed by atoms with Gasteiger partial charge >= 0.3 is 0 Å². The van der Waals surface area contributed by atoms with E-state index >= 15 is 0 Å². The van der Waals surface area contributed by atoms with E-state index in [0.29, 0.717) is 17.4 Å². The van der Waals surface area contributed by atoms with Crippen LogP contribution < -0.4 is 0 Å². The molecule has 1 rings (SSSR count). The molecule has 0 radical (unpaired) electrons. The molecular weight excluding hydrogens is 156 g/mol. The van der Waals surface area contributed by atoms with Crippen molar-refractivity contribution < 1.29 is 15.0 Å². The average molecular weight is 166 g/mol. The first-order valence-electron chi connectivity index (χ1n) is 3.62. The summed E-state index contributed by atoms with van der Waals surface area (Å²) in [5, 5.41) is 17.8. The molecule has 0 aliphatic carbocycles. The zero-order chi connectivity index (χ0) is 8.97. The summed E-state index contributed by atoms with van der Waals surface area (Å²) in [5.74, 6) is 0. The van der Waals surface area contributed by atoms with Gasteiger partial charge < -0.3 is 10.2 Å². The standard InChI is InChI=1S/C9H10O3/c10-5-7-2-1-3-8(4-7)9(12)6-11/h1-5,9,11-12H,6H2. The first kappa shape index (κ1) is 8.90. The van der Waals surface area contributed by atoms with Crippen molar-refractivity contribution in [1.82, 2.24) is 0 Å². The molecule has 0 saturated carbocycles. The van der Waals surface area contributed by atoms with Gasteiger partial charge in [0.15, 0.2) is 0 Å². The maximum absolute atomic E-state index is 10.3. The minimum absolute atomic E-state index is 0.331. The van der Waals surface area contributed by atoms with E-state index in [-0.39, 0.29) is 6.61 Å². The lowest BCUT2D eigenvalue weighted by Crippen LogP contribution is -2.02. The Hall–Kier alpha value is -1.19. The minimum Gasteiger partial charge on any atom is -0.393 e. The molecule has 1 unspecified atom stereocenters. The van der Waals surface area contributed by atoms with Gasteiger partial charge in [0.1, 0.15) is 12.4 Å². The van der Waals surface area contributed by atoms with Crippen LogP contribution in [0, 0.1) is 0 Å². The smallest absolute Gasteiger partial charge is 0.150 e. The van der Waals surface area contributed by atoms with Crippen LogP contribution in [0.3, 0.4) is 0 Å². The highest BCUT2D eigenvalue weighted by molar-refractivity contribution is 5.74. The lowest BCUT2D eigenvalue weighted by Gasteiger charge is -2.06. The normalized spacial score (nSPS) is 12.5. The zero-order valence-electron chi connectivity index (χ0n) is 6.47. The van der Waals surface area contributed by atoms with Crippen LogP contribution in [0.4, 0.5) is 0 Å². The number of aldehydes is 1. The summed E-state index contributed by atoms with van der Waals surface area (Å²) in [5.41, 5.74) is 1.06. The van der Waals surface area contributed by atoms with Crippen molar-refractivity contribution in [3.05, 3.63) is 35.4 Å². The van der Waals surface area contributed by atoms with Crippen molar-refractivity contribution >= 4 is 6.29 Å². The molecule has 1 aromatic rings. The fourth-order valence-electron chi connectivity index (χ4n) is 0.945. The number of aliphatic hydroxyl groups excluding tert-OH is 2. The van der Waals surface area contributed by atoms with Crippen molar-refractivity contribution in [1.29, 1.82) is 0 Å². The third-order valence-corrected chi connectivity index (χ3v) is 1.60. The Morgan fingerprint density at radius 2 is 2.25 bits per heavy atom. The molecule has 1 atom stereocenters. The highest BCUT2D eigenvalue weighted by Crippen LogP contribution is 2.12. The molecule has 0 aromatic heterocycles. The van der Waals surface area contributed by atoms with Crippen LogP contribution in [0.2, 0.25) is 0 Å². The highest BCUT2D eigenvalue weighted by Gasteiger charge is 2.04. The molecule has 0 saturated heterocycles. The van der Waals surface area contributed by atoms with Crippen molar-refractivity contribution in [2.75, 3.05) is 6.61 Å². The van der Waals surface area contributed by atoms with E-state index in [9.17, 15) is 9.90 Å². The summed E-state index contributed by atoms with van der Waals surface area (Å²) in [6.45, 7) is -0.331. The number of aliphatic hydroxyl groups is 2. The molecule has 0 amide bonds. The largest absolute Gasteiger partial charge is 0.393 e. The predicted molar refractivity (Wildman–Crippen MR) is 43.9 cm³/mol. The molecule has 2 N–H and O–H groups in total. The summed E-state index contributed by atoms with van der Waals surface area (Å²) in [4.78, 5) is 10.3. The number of carbonyl (C=O) groups excluding carboxylic acids is 1. The minimum atomic E-state index is -0.898. The fraction of sp³-hybridized carbons (Fsp3) is 0.222. The topological polar surface area (TPSA) is 57.5 Å². The van der Waals surface area contributed by atoms with Gasteiger partial charge in [-0.1, -0.05) is 18.2 Å². The van der Waals surface area contributed by atoms with Crippen LogP contribution >= 0.6 is 0 Å². The van der Waals surface area contributed by atoms with Gasteiger partial charge in [0.05, 0.1) is 6.61 Å². The summed E-state index contributed by atoms with van der Waals surface area (Å²) in [7, 11) is 0. The monoisotopic (exact) mass is 166 g/mol. The average Bonchev–Trinajstić information content (AvgIpc) is 2.17. The summed E-state index contributed by atoms with van der Waals surface area (Å²) in [6, 6.07) is 6.51. The van der Waals surface area contributed by atoms with Gasteiger partial charge in [-0.2, -0.15) is 0 Å². The first-order valence-corrected chi connectivity index (χ1v) is 3.62. The molecule has 0 heterocycles. The zero-order valence-corrected chi connectivity index (χ0v) is 6.47. The predicted octanol–water partition coefficient (Wildman–Crippen LogP) is 0.525. The van der Waals surface area contributed by atoms with Crippen LogP contribution in [0.1, 0.15) is 22.0 Å². The first-order chi connectivity index (χ1) is 5.77. The third-order valence-electron chi connectivity index (χ3n) is 1.60. The molecular formula is C9H10O3. The molecule has 0 spiro atoms. The van der Waals surface area contributed by atoms with Gasteiger partial charge in [0.25, 0.3) is 0 Å². The summed E-state index contributed by atoms with van der Waals surface area (Å²) >= 11 is 0. The quantitative estimate of drug-likeness (QED) is 0.644. The van der Waals surface area contributed by atoms with Gasteiger partial charge in [0.2, 0.25) is 0 Å². The second-order valence-corrected chi connectivity index (χ2v) is 2.49. The molecule has 64 valence electrons. The van der Waals surface area contributed by atoms with Crippen LogP contribution in [-0.2, 0) is 0 Å². The van der Waals surface area contributed by atoms with Crippen molar-refractivity contribution in [2.24, 2.45) is 0 Å². The molecule has 0 aliphatic rings. The lowest BCUT2D eigenvalue weighted by molar-refractivity contribution is 0.0954. The van der Waals surface area contributed by atoms with Crippen LogP contribution in [0.15, 0.2) is 24.3 Å². The second-order valence-electron chi connectivity index (χ2n) is 2.49. The Morgan fingerprint density at radius 1 is 1.50 bits per heavy atom. The summed E-state index contributed by atoms with van der Waals surface area (Å²) in [6.07, 6.45) is -0.196. The van der Waals surface area contributed by atoms with Gasteiger partial charge in [0, 0.05) is 5.56 Å². The van der Waals surface area contributed by atoms with E-state index in [1.54, 1.807) is 24.3 Å². The lowest BCUT2D eigenvalue weighted by atomic mass is 10.1. The van der Waals surface area contributed by atoms with E-state index in [4.69, 9.17) is 5.11 Å². The number of rotatable bonds is 3. The molecule has 0 bridgehead atoms. The Morgan fingerprint density at radius 3 is 2.83 bits per heavy atom. The van der Waals surface area contributed by atoms with Gasteiger partial charge in [-0.25, -0.2) is 0 Å². The van der Waals surface area contributed by atoms with Gasteiger partial charge in [-0.3, -0.25) is 4.79 Å². The molecule has 1 aromatic carbocycles. The van der Waals surface area contributed by atoms with E-state index in [1.807, 2.05) is 0 Å². The summed E-state index contributed by atoms with van der Waals surface area (Å²) < 4.78 is 0. The van der Waals surface area contributed by atoms with Crippen LogP contribution in [-0.4, -0.2) is 23.1 Å². The van der Waals surface area contributed by atoms with Crippen molar-refractivity contribution in [3.8, 4) is 0 Å². The van der Waals surface area contributed by atoms with E-state index in [1.165, 1.54) is 0 Å². The van der Waals surface area contributed by atoms with E-state index < -0.39 is 6.10 Å². The SMILES string of the molecule is O=Cc1cccc(C(O)CO)c1. The molecule has 12 heavy (non-hydrogen) atoms. The highest BCUT2D eigenvalue weighted by atomic mass is 16.3. The maximum atomic E-state index is 10.3. The van der Waals surface area contributed by atoms with Crippen molar-refractivity contribution in [3.63, 3.8) is 0 Å². The number of hydrogen-bond donors (Lipinski definition) is 2. The number of carbonyl (C=O) groups is 1. The van der Waals surface area contributed by atoms with Gasteiger partial charge in [-0.15, -0.1) is 0 Å². The molecule has 0 aliphatic heterocycles. The number of benzene rings is 1. The van der Waals surface area contributed by atoms with Crippen LogP contribution in [0.25, 0.3) is 0 Å². The third kappa shape index (κ3) is 1.90. The molecule has 3 nitrogen and oxygen atoms in total. The number of hydrogen-bond acceptors (Lipinski definition) is 3. The molecule has 3 heteroatoms. The fourth-order valence-corrected chi connectivity index (χ4v) is 0.945. The second kappa shape index (κ2) is 3.99. The Labute approximate surface area is 70.3 Å². The van der Waals surface area contributed by atoms with E-state index in [2.05, 4.69) is 0 Å². The van der Waals surface area contributed by atoms with Crippen molar-refractivity contribution in [2.45, 2.75) is 6.10 Å². The van der Waals surface area contributed by atoms with E-state index in [0.717, 1.165) is 0 Å².